The van der Waals surface area contributed by atoms with E-state index in [9.17, 15) is 0 Å². The molecule has 5 heteroatoms. The second-order valence-electron chi connectivity index (χ2n) is 5.45. The van der Waals surface area contributed by atoms with E-state index < -0.39 is 8.07 Å². The van der Waals surface area contributed by atoms with Gasteiger partial charge in [0.25, 0.3) is 0 Å². The summed E-state index contributed by atoms with van der Waals surface area (Å²) in [5.41, 5.74) is 5.13. The molecule has 4 nitrogen and oxygen atoms in total. The maximum absolute atomic E-state index is 5.06. The van der Waals surface area contributed by atoms with Crippen molar-refractivity contribution in [1.82, 2.24) is 19.6 Å². The van der Waals surface area contributed by atoms with E-state index in [-0.39, 0.29) is 0 Å². The third kappa shape index (κ3) is 6.08. The lowest BCUT2D eigenvalue weighted by atomic mass is 10.4. The monoisotopic (exact) mass is 284 g/mol. The predicted octanol–water partition coefficient (Wildman–Crippen LogP) is 2.05. The first-order valence-corrected chi connectivity index (χ1v) is 9.77. The van der Waals surface area contributed by atoms with Crippen molar-refractivity contribution in [3.05, 3.63) is 35.9 Å². The molecule has 0 aromatic carbocycles. The minimum absolute atomic E-state index is 0.826. The van der Waals surface area contributed by atoms with Crippen LogP contribution < -0.4 is 0 Å². The lowest BCUT2D eigenvalue weighted by Crippen LogP contribution is -2.16. The van der Waals surface area contributed by atoms with Crippen LogP contribution in [-0.2, 0) is 14.1 Å². The first-order valence-electron chi connectivity index (χ1n) is 6.27. The molecule has 0 spiro atoms. The Morgan fingerprint density at radius 1 is 1.00 bits per heavy atom. The van der Waals surface area contributed by atoms with E-state index in [2.05, 4.69) is 47.2 Å². The van der Waals surface area contributed by atoms with Gasteiger partial charge in [-0.3, -0.25) is 9.36 Å². The van der Waals surface area contributed by atoms with Gasteiger partial charge in [-0.25, -0.2) is 0 Å². The Balaban J connectivity index is 0.000000217. The van der Waals surface area contributed by atoms with E-state index in [1.807, 2.05) is 20.3 Å². The average Bonchev–Trinajstić information content (AvgIpc) is 2.95. The molecule has 0 saturated heterocycles. The molecule has 0 N–H and O–H groups in total. The lowest BCUT2D eigenvalue weighted by Gasteiger charge is -2.02. The fraction of sp³-hybridized carbons (Fsp3) is 0.333. The molecule has 0 saturated carbocycles. The van der Waals surface area contributed by atoms with Crippen molar-refractivity contribution in [2.24, 2.45) is 14.1 Å². The molecule has 2 aromatic heterocycles. The Labute approximate surface area is 121 Å². The summed E-state index contributed by atoms with van der Waals surface area (Å²) in [5.74, 6) is 5.60. The SMILES string of the molecule is C#Cc1cnn(C)c1.Cn1cc(C#C[Si](C)(C)C)cn1. The molecule has 2 rings (SSSR count). The molecule has 0 amide bonds. The zero-order valence-corrected chi connectivity index (χ0v) is 13.7. The fourth-order valence-corrected chi connectivity index (χ4v) is 1.76. The molecule has 0 bridgehead atoms. The first kappa shape index (κ1) is 15.8. The Bertz CT molecular complexity index is 656. The van der Waals surface area contributed by atoms with Crippen molar-refractivity contribution >= 4 is 8.07 Å². The van der Waals surface area contributed by atoms with Crippen LogP contribution >= 0.6 is 0 Å². The summed E-state index contributed by atoms with van der Waals surface area (Å²) < 4.78 is 3.45. The molecule has 20 heavy (non-hydrogen) atoms. The van der Waals surface area contributed by atoms with E-state index in [1.54, 1.807) is 28.0 Å². The lowest BCUT2D eigenvalue weighted by molar-refractivity contribution is 0.767. The summed E-state index contributed by atoms with van der Waals surface area (Å²) in [4.78, 5) is 0. The van der Waals surface area contributed by atoms with Gasteiger partial charge in [0.2, 0.25) is 0 Å². The molecule has 2 heterocycles. The Hall–Kier alpha value is -2.24. The highest BCUT2D eigenvalue weighted by molar-refractivity contribution is 6.83. The quantitative estimate of drug-likeness (QED) is 0.548. The molecule has 0 aliphatic rings. The normalized spacial score (nSPS) is 9.80. The molecule has 0 aliphatic carbocycles. The summed E-state index contributed by atoms with van der Waals surface area (Å²) in [6.07, 6.45) is 12.2. The van der Waals surface area contributed by atoms with E-state index in [1.165, 1.54) is 0 Å². The van der Waals surface area contributed by atoms with Gasteiger partial charge in [0.15, 0.2) is 0 Å². The largest absolute Gasteiger partial charge is 0.275 e. The minimum atomic E-state index is -1.23. The number of nitrogens with zero attached hydrogens (tertiary/aromatic N) is 4. The van der Waals surface area contributed by atoms with Crippen LogP contribution in [0.4, 0.5) is 0 Å². The van der Waals surface area contributed by atoms with Crippen LogP contribution in [0.2, 0.25) is 19.6 Å². The van der Waals surface area contributed by atoms with E-state index in [0.717, 1.165) is 11.1 Å². The zero-order valence-electron chi connectivity index (χ0n) is 12.7. The second-order valence-corrected chi connectivity index (χ2v) is 10.2. The molecule has 0 aliphatic heterocycles. The second kappa shape index (κ2) is 6.79. The number of aryl methyl sites for hydroxylation is 2. The average molecular weight is 284 g/mol. The van der Waals surface area contributed by atoms with Crippen LogP contribution in [0.15, 0.2) is 24.8 Å². The third-order valence-electron chi connectivity index (χ3n) is 2.16. The summed E-state index contributed by atoms with van der Waals surface area (Å²) in [5, 5.41) is 7.91. The zero-order chi connectivity index (χ0) is 15.2. The van der Waals surface area contributed by atoms with Gasteiger partial charge >= 0.3 is 0 Å². The molecule has 104 valence electrons. The summed E-state index contributed by atoms with van der Waals surface area (Å²) in [6.45, 7) is 6.70. The molecule has 0 fully saturated rings. The maximum Gasteiger partial charge on any atom is 0.129 e. The van der Waals surface area contributed by atoms with Gasteiger partial charge in [-0.2, -0.15) is 10.2 Å². The Morgan fingerprint density at radius 3 is 1.80 bits per heavy atom. The van der Waals surface area contributed by atoms with Crippen molar-refractivity contribution in [3.8, 4) is 23.8 Å². The van der Waals surface area contributed by atoms with Crippen LogP contribution in [0.3, 0.4) is 0 Å². The smallest absolute Gasteiger partial charge is 0.129 e. The molecule has 2 aromatic rings. The summed E-state index contributed by atoms with van der Waals surface area (Å²) >= 11 is 0. The highest BCUT2D eigenvalue weighted by Crippen LogP contribution is 1.99. The van der Waals surface area contributed by atoms with Gasteiger partial charge in [0.1, 0.15) is 8.07 Å². The number of rotatable bonds is 0. The molecular weight excluding hydrogens is 264 g/mol. The van der Waals surface area contributed by atoms with Crippen molar-refractivity contribution < 1.29 is 0 Å². The molecule has 0 unspecified atom stereocenters. The van der Waals surface area contributed by atoms with Crippen LogP contribution in [0.1, 0.15) is 11.1 Å². The van der Waals surface area contributed by atoms with Crippen LogP contribution in [-0.4, -0.2) is 27.6 Å². The Morgan fingerprint density at radius 2 is 1.50 bits per heavy atom. The predicted molar refractivity (Wildman–Crippen MR) is 84.6 cm³/mol. The maximum atomic E-state index is 5.06. The number of aromatic nitrogens is 4. The van der Waals surface area contributed by atoms with Crippen LogP contribution in [0.25, 0.3) is 0 Å². The van der Waals surface area contributed by atoms with Gasteiger partial charge in [-0.05, 0) is 0 Å². The van der Waals surface area contributed by atoms with Crippen molar-refractivity contribution in [1.29, 1.82) is 0 Å². The van der Waals surface area contributed by atoms with Crippen LogP contribution in [0.5, 0.6) is 0 Å². The number of hydrogen-bond acceptors (Lipinski definition) is 2. The highest BCUT2D eigenvalue weighted by atomic mass is 28.3. The standard InChI is InChI=1S/C9H14N2Si.C6H6N2/c1-11-8-9(7-10-11)5-6-12(2,3)4;1-3-6-4-7-8(2)5-6/h7-8H,1-4H3;1,4-5H,2H3. The van der Waals surface area contributed by atoms with E-state index in [4.69, 9.17) is 6.42 Å². The van der Waals surface area contributed by atoms with Gasteiger partial charge in [0.05, 0.1) is 23.5 Å². The van der Waals surface area contributed by atoms with Crippen molar-refractivity contribution in [2.75, 3.05) is 0 Å². The topological polar surface area (TPSA) is 35.6 Å². The minimum Gasteiger partial charge on any atom is -0.275 e. The first-order chi connectivity index (χ1) is 9.30. The highest BCUT2D eigenvalue weighted by Gasteiger charge is 2.07. The molecule has 0 radical (unpaired) electrons. The van der Waals surface area contributed by atoms with Gasteiger partial charge in [-0.1, -0.05) is 31.5 Å². The summed E-state index contributed by atoms with van der Waals surface area (Å²) in [6, 6.07) is 0. The third-order valence-corrected chi connectivity index (χ3v) is 3.03. The van der Waals surface area contributed by atoms with Crippen LogP contribution in [0, 0.1) is 23.8 Å². The van der Waals surface area contributed by atoms with E-state index in [0.29, 0.717) is 0 Å². The van der Waals surface area contributed by atoms with Gasteiger partial charge in [0, 0.05) is 26.5 Å². The van der Waals surface area contributed by atoms with E-state index >= 15 is 0 Å². The Kier molecular flexibility index (Phi) is 5.37. The number of hydrogen-bond donors (Lipinski definition) is 0. The summed E-state index contributed by atoms with van der Waals surface area (Å²) in [7, 11) is 2.51. The van der Waals surface area contributed by atoms with Crippen molar-refractivity contribution in [3.63, 3.8) is 0 Å². The molecule has 0 atom stereocenters. The number of terminal acetylenes is 1. The van der Waals surface area contributed by atoms with Gasteiger partial charge in [-0.15, -0.1) is 12.0 Å². The fourth-order valence-electron chi connectivity index (χ4n) is 1.24. The van der Waals surface area contributed by atoms with Gasteiger partial charge < -0.3 is 0 Å². The van der Waals surface area contributed by atoms with Crippen molar-refractivity contribution in [2.45, 2.75) is 19.6 Å². The molecular formula is C15H20N4Si.